The van der Waals surface area contributed by atoms with Crippen LogP contribution in [0.2, 0.25) is 0 Å². The zero-order valence-electron chi connectivity index (χ0n) is 13.0. The summed E-state index contributed by atoms with van der Waals surface area (Å²) in [7, 11) is 0. The molecule has 0 atom stereocenters. The van der Waals surface area contributed by atoms with Crippen LogP contribution in [0.3, 0.4) is 0 Å². The summed E-state index contributed by atoms with van der Waals surface area (Å²) in [4.78, 5) is 13.8. The maximum Gasteiger partial charge on any atom is 0.322 e. The van der Waals surface area contributed by atoms with Crippen LogP contribution in [-0.4, -0.2) is 24.3 Å². The summed E-state index contributed by atoms with van der Waals surface area (Å²) in [5, 5.41) is 2.45. The molecule has 0 saturated carbocycles. The number of nitrogens with one attached hydrogen (secondary N) is 1. The number of ether oxygens (including phenoxy) is 2. The monoisotopic (exact) mass is 334 g/mol. The van der Waals surface area contributed by atoms with Crippen molar-refractivity contribution in [1.29, 1.82) is 0 Å². The van der Waals surface area contributed by atoms with Crippen molar-refractivity contribution in [2.24, 2.45) is 0 Å². The first kappa shape index (κ1) is 16.0. The van der Waals surface area contributed by atoms with Crippen molar-refractivity contribution in [3.8, 4) is 11.5 Å². The Labute approximate surface area is 137 Å². The molecule has 0 aromatic heterocycles. The largest absolute Gasteiger partial charge is 0.454 e. The van der Waals surface area contributed by atoms with E-state index in [1.54, 1.807) is 12.1 Å². The highest BCUT2D eigenvalue weighted by atomic mass is 19.1. The van der Waals surface area contributed by atoms with Gasteiger partial charge in [-0.25, -0.2) is 13.6 Å². The van der Waals surface area contributed by atoms with Gasteiger partial charge in [-0.2, -0.15) is 0 Å². The van der Waals surface area contributed by atoms with Crippen molar-refractivity contribution in [1.82, 2.24) is 4.90 Å². The van der Waals surface area contributed by atoms with E-state index in [1.807, 2.05) is 13.0 Å². The number of hydrogen-bond donors (Lipinski definition) is 1. The van der Waals surface area contributed by atoms with Gasteiger partial charge in [0.2, 0.25) is 6.79 Å². The standard InChI is InChI=1S/C17H16F2N2O3/c1-2-21(9-11-3-6-15-16(7-11)24-10-23-15)17(22)20-14-5-4-12(18)8-13(14)19/h3-8H,2,9-10H2,1H3,(H,20,22). The molecule has 126 valence electrons. The zero-order valence-corrected chi connectivity index (χ0v) is 13.0. The van der Waals surface area contributed by atoms with Crippen LogP contribution < -0.4 is 14.8 Å². The molecule has 24 heavy (non-hydrogen) atoms. The third kappa shape index (κ3) is 3.40. The Balaban J connectivity index is 1.70. The van der Waals surface area contributed by atoms with Gasteiger partial charge >= 0.3 is 6.03 Å². The molecule has 1 aliphatic heterocycles. The molecule has 0 spiro atoms. The van der Waals surface area contributed by atoms with E-state index in [4.69, 9.17) is 9.47 Å². The molecule has 2 amide bonds. The Hall–Kier alpha value is -2.83. The van der Waals surface area contributed by atoms with E-state index in [0.29, 0.717) is 24.6 Å². The number of halogens is 2. The lowest BCUT2D eigenvalue weighted by Gasteiger charge is -2.22. The predicted octanol–water partition coefficient (Wildman–Crippen LogP) is 3.75. The summed E-state index contributed by atoms with van der Waals surface area (Å²) in [5.74, 6) is -0.214. The first-order chi connectivity index (χ1) is 11.6. The summed E-state index contributed by atoms with van der Waals surface area (Å²) in [6.45, 7) is 2.74. The number of rotatable bonds is 4. The van der Waals surface area contributed by atoms with Gasteiger partial charge in [-0.15, -0.1) is 0 Å². The van der Waals surface area contributed by atoms with Gasteiger partial charge in [0.25, 0.3) is 0 Å². The molecular formula is C17H16F2N2O3. The van der Waals surface area contributed by atoms with Gasteiger partial charge in [0.05, 0.1) is 5.69 Å². The minimum atomic E-state index is -0.817. The number of nitrogens with zero attached hydrogens (tertiary/aromatic N) is 1. The average molecular weight is 334 g/mol. The number of benzene rings is 2. The Morgan fingerprint density at radius 1 is 1.17 bits per heavy atom. The normalized spacial score (nSPS) is 12.1. The minimum Gasteiger partial charge on any atom is -0.454 e. The average Bonchev–Trinajstić information content (AvgIpc) is 3.02. The van der Waals surface area contributed by atoms with Crippen molar-refractivity contribution < 1.29 is 23.0 Å². The molecule has 2 aromatic rings. The molecule has 1 aliphatic rings. The fourth-order valence-corrected chi connectivity index (χ4v) is 2.37. The maximum absolute atomic E-state index is 13.7. The van der Waals surface area contributed by atoms with Gasteiger partial charge in [-0.1, -0.05) is 6.07 Å². The van der Waals surface area contributed by atoms with Gasteiger partial charge < -0.3 is 19.7 Å². The molecule has 0 bridgehead atoms. The van der Waals surface area contributed by atoms with Crippen molar-refractivity contribution >= 4 is 11.7 Å². The van der Waals surface area contributed by atoms with Gasteiger partial charge in [-0.3, -0.25) is 0 Å². The highest BCUT2D eigenvalue weighted by Gasteiger charge is 2.17. The number of amides is 2. The van der Waals surface area contributed by atoms with E-state index in [2.05, 4.69) is 5.32 Å². The molecule has 0 unspecified atom stereocenters. The van der Waals surface area contributed by atoms with Gasteiger partial charge in [0, 0.05) is 19.2 Å². The van der Waals surface area contributed by atoms with E-state index < -0.39 is 17.7 Å². The summed E-state index contributed by atoms with van der Waals surface area (Å²) >= 11 is 0. The van der Waals surface area contributed by atoms with Gasteiger partial charge in [-0.05, 0) is 36.8 Å². The van der Waals surface area contributed by atoms with E-state index in [0.717, 1.165) is 17.7 Å². The van der Waals surface area contributed by atoms with Crippen molar-refractivity contribution in [2.75, 3.05) is 18.7 Å². The lowest BCUT2D eigenvalue weighted by Crippen LogP contribution is -2.34. The number of carbonyl (C=O) groups excluding carboxylic acids is 1. The molecule has 0 aliphatic carbocycles. The number of urea groups is 1. The van der Waals surface area contributed by atoms with Crippen LogP contribution in [-0.2, 0) is 6.54 Å². The van der Waals surface area contributed by atoms with Crippen LogP contribution in [0.15, 0.2) is 36.4 Å². The predicted molar refractivity (Wildman–Crippen MR) is 84.0 cm³/mol. The fourth-order valence-electron chi connectivity index (χ4n) is 2.37. The van der Waals surface area contributed by atoms with Crippen LogP contribution in [0.5, 0.6) is 11.5 Å². The number of hydrogen-bond acceptors (Lipinski definition) is 3. The summed E-state index contributed by atoms with van der Waals surface area (Å²) < 4.78 is 37.1. The third-order valence-electron chi connectivity index (χ3n) is 3.65. The molecule has 0 fully saturated rings. The van der Waals surface area contributed by atoms with Gasteiger partial charge in [0.1, 0.15) is 11.6 Å². The Kier molecular flexibility index (Phi) is 4.50. The maximum atomic E-state index is 13.7. The topological polar surface area (TPSA) is 50.8 Å². The summed E-state index contributed by atoms with van der Waals surface area (Å²) in [6, 6.07) is 7.95. The fraction of sp³-hybridized carbons (Fsp3) is 0.235. The van der Waals surface area contributed by atoms with Crippen LogP contribution in [0.4, 0.5) is 19.3 Å². The lowest BCUT2D eigenvalue weighted by molar-refractivity contribution is 0.174. The summed E-state index contributed by atoms with van der Waals surface area (Å²) in [5.41, 5.74) is 0.793. The van der Waals surface area contributed by atoms with Crippen LogP contribution in [0.25, 0.3) is 0 Å². The number of fused-ring (bicyclic) bond motifs is 1. The van der Waals surface area contributed by atoms with Crippen molar-refractivity contribution in [3.05, 3.63) is 53.6 Å². The molecule has 0 radical (unpaired) electrons. The van der Waals surface area contributed by atoms with E-state index in [-0.39, 0.29) is 12.5 Å². The molecule has 1 N–H and O–H groups in total. The Morgan fingerprint density at radius 2 is 1.96 bits per heavy atom. The smallest absolute Gasteiger partial charge is 0.322 e. The van der Waals surface area contributed by atoms with Crippen LogP contribution in [0, 0.1) is 11.6 Å². The molecule has 5 nitrogen and oxygen atoms in total. The van der Waals surface area contributed by atoms with E-state index in [9.17, 15) is 13.6 Å². The quantitative estimate of drug-likeness (QED) is 0.926. The molecule has 3 rings (SSSR count). The summed E-state index contributed by atoms with van der Waals surface area (Å²) in [6.07, 6.45) is 0. The second kappa shape index (κ2) is 6.74. The van der Waals surface area contributed by atoms with E-state index in [1.165, 1.54) is 11.0 Å². The Morgan fingerprint density at radius 3 is 2.71 bits per heavy atom. The SMILES string of the molecule is CCN(Cc1ccc2c(c1)OCO2)C(=O)Nc1ccc(F)cc1F. The van der Waals surface area contributed by atoms with Crippen LogP contribution >= 0.6 is 0 Å². The Bertz CT molecular complexity index is 767. The highest BCUT2D eigenvalue weighted by molar-refractivity contribution is 5.89. The molecular weight excluding hydrogens is 318 g/mol. The third-order valence-corrected chi connectivity index (χ3v) is 3.65. The zero-order chi connectivity index (χ0) is 17.1. The van der Waals surface area contributed by atoms with Crippen molar-refractivity contribution in [3.63, 3.8) is 0 Å². The first-order valence-electron chi connectivity index (χ1n) is 7.46. The second-order valence-electron chi connectivity index (χ2n) is 5.26. The lowest BCUT2D eigenvalue weighted by atomic mass is 10.2. The van der Waals surface area contributed by atoms with Gasteiger partial charge in [0.15, 0.2) is 11.5 Å². The molecule has 7 heteroatoms. The van der Waals surface area contributed by atoms with E-state index >= 15 is 0 Å². The molecule has 1 heterocycles. The van der Waals surface area contributed by atoms with Crippen molar-refractivity contribution in [2.45, 2.75) is 13.5 Å². The second-order valence-corrected chi connectivity index (χ2v) is 5.26. The number of carbonyl (C=O) groups is 1. The minimum absolute atomic E-state index is 0.0643. The highest BCUT2D eigenvalue weighted by Crippen LogP contribution is 2.32. The number of anilines is 1. The van der Waals surface area contributed by atoms with Crippen LogP contribution in [0.1, 0.15) is 12.5 Å². The first-order valence-corrected chi connectivity index (χ1v) is 7.46. The molecule has 0 saturated heterocycles. The molecule has 2 aromatic carbocycles.